The lowest BCUT2D eigenvalue weighted by Gasteiger charge is -2.04. The lowest BCUT2D eigenvalue weighted by Crippen LogP contribution is -2.06. The molecule has 7 heteroatoms. The van der Waals surface area contributed by atoms with Gasteiger partial charge in [0.15, 0.2) is 5.82 Å². The van der Waals surface area contributed by atoms with Crippen LogP contribution in [-0.2, 0) is 6.54 Å². The Morgan fingerprint density at radius 2 is 2.27 bits per heavy atom. The van der Waals surface area contributed by atoms with E-state index in [1.807, 2.05) is 6.92 Å². The SMILES string of the molecule is Cc1nc(Cn2cncn2)nc(Cl)c1Br. The zero-order valence-electron chi connectivity index (χ0n) is 7.85. The highest BCUT2D eigenvalue weighted by molar-refractivity contribution is 9.10. The molecule has 5 nitrogen and oxygen atoms in total. The predicted molar refractivity (Wildman–Crippen MR) is 58.6 cm³/mol. The molecule has 0 amide bonds. The van der Waals surface area contributed by atoms with Crippen molar-refractivity contribution in [2.45, 2.75) is 13.5 Å². The largest absolute Gasteiger partial charge is 0.245 e. The second-order valence-electron chi connectivity index (χ2n) is 2.92. The Hall–Kier alpha value is -1.01. The topological polar surface area (TPSA) is 56.5 Å². The highest BCUT2D eigenvalue weighted by Crippen LogP contribution is 2.22. The second-order valence-corrected chi connectivity index (χ2v) is 4.07. The zero-order chi connectivity index (χ0) is 10.8. The van der Waals surface area contributed by atoms with Gasteiger partial charge in [-0.25, -0.2) is 19.6 Å². The predicted octanol–water partition coefficient (Wildman–Crippen LogP) is 1.84. The van der Waals surface area contributed by atoms with E-state index in [0.717, 1.165) is 10.2 Å². The summed E-state index contributed by atoms with van der Waals surface area (Å²) in [5, 5.41) is 4.38. The van der Waals surface area contributed by atoms with Crippen molar-refractivity contribution in [1.82, 2.24) is 24.7 Å². The van der Waals surface area contributed by atoms with Crippen LogP contribution in [-0.4, -0.2) is 24.7 Å². The highest BCUT2D eigenvalue weighted by atomic mass is 79.9. The maximum absolute atomic E-state index is 5.92. The maximum atomic E-state index is 5.92. The summed E-state index contributed by atoms with van der Waals surface area (Å²) >= 11 is 9.22. The van der Waals surface area contributed by atoms with E-state index in [0.29, 0.717) is 17.5 Å². The van der Waals surface area contributed by atoms with Crippen LogP contribution >= 0.6 is 27.5 Å². The Balaban J connectivity index is 2.30. The number of aryl methyl sites for hydroxylation is 1. The molecule has 0 saturated carbocycles. The van der Waals surface area contributed by atoms with Crippen LogP contribution in [0.5, 0.6) is 0 Å². The van der Waals surface area contributed by atoms with Crippen molar-refractivity contribution in [3.63, 3.8) is 0 Å². The Kier molecular flexibility index (Phi) is 2.97. The molecule has 0 aliphatic carbocycles. The zero-order valence-corrected chi connectivity index (χ0v) is 10.2. The summed E-state index contributed by atoms with van der Waals surface area (Å²) in [4.78, 5) is 12.2. The molecule has 0 fully saturated rings. The van der Waals surface area contributed by atoms with Crippen LogP contribution in [0.4, 0.5) is 0 Å². The summed E-state index contributed by atoms with van der Waals surface area (Å²) in [5.74, 6) is 0.617. The van der Waals surface area contributed by atoms with E-state index >= 15 is 0 Å². The minimum Gasteiger partial charge on any atom is -0.245 e. The molecule has 0 saturated heterocycles. The molecule has 0 atom stereocenters. The van der Waals surface area contributed by atoms with Gasteiger partial charge in [0.05, 0.1) is 10.2 Å². The number of nitrogens with zero attached hydrogens (tertiary/aromatic N) is 5. The molecular weight excluding hydrogens is 281 g/mol. The second kappa shape index (κ2) is 4.24. The minimum absolute atomic E-state index is 0.414. The molecule has 78 valence electrons. The van der Waals surface area contributed by atoms with E-state index < -0.39 is 0 Å². The lowest BCUT2D eigenvalue weighted by atomic mass is 10.4. The van der Waals surface area contributed by atoms with Gasteiger partial charge in [0, 0.05) is 0 Å². The molecule has 0 spiro atoms. The Bertz CT molecular complexity index is 447. The summed E-state index contributed by atoms with van der Waals surface area (Å²) in [6.07, 6.45) is 3.07. The van der Waals surface area contributed by atoms with Gasteiger partial charge < -0.3 is 0 Å². The number of aromatic nitrogens is 5. The summed E-state index contributed by atoms with van der Waals surface area (Å²) in [5.41, 5.74) is 0.810. The number of hydrogen-bond acceptors (Lipinski definition) is 4. The number of halogens is 2. The molecule has 0 bridgehead atoms. The van der Waals surface area contributed by atoms with Gasteiger partial charge in [0.2, 0.25) is 0 Å². The maximum Gasteiger partial charge on any atom is 0.151 e. The molecule has 0 radical (unpaired) electrons. The lowest BCUT2D eigenvalue weighted by molar-refractivity contribution is 0.650. The fourth-order valence-corrected chi connectivity index (χ4v) is 1.52. The summed E-state index contributed by atoms with van der Waals surface area (Å²) in [6, 6.07) is 0. The number of hydrogen-bond donors (Lipinski definition) is 0. The van der Waals surface area contributed by atoms with Gasteiger partial charge in [-0.05, 0) is 22.9 Å². The smallest absolute Gasteiger partial charge is 0.151 e. The van der Waals surface area contributed by atoms with Gasteiger partial charge in [-0.1, -0.05) is 11.6 Å². The summed E-state index contributed by atoms with van der Waals surface area (Å²) in [6.45, 7) is 2.33. The van der Waals surface area contributed by atoms with Crippen molar-refractivity contribution >= 4 is 27.5 Å². The average Bonchev–Trinajstić information content (AvgIpc) is 2.66. The fraction of sp³-hybridized carbons (Fsp3) is 0.250. The van der Waals surface area contributed by atoms with Gasteiger partial charge in [-0.2, -0.15) is 5.10 Å². The molecule has 0 aliphatic rings. The molecule has 0 aliphatic heterocycles. The molecule has 2 aromatic rings. The summed E-state index contributed by atoms with van der Waals surface area (Å²) < 4.78 is 2.37. The van der Waals surface area contributed by atoms with E-state index in [1.165, 1.54) is 6.33 Å². The standard InChI is InChI=1S/C8H7BrClN5/c1-5-7(9)8(10)14-6(13-5)2-15-4-11-3-12-15/h3-4H,2H2,1H3. The van der Waals surface area contributed by atoms with Crippen LogP contribution in [0.3, 0.4) is 0 Å². The van der Waals surface area contributed by atoms with E-state index in [2.05, 4.69) is 36.0 Å². The van der Waals surface area contributed by atoms with Crippen LogP contribution in [0, 0.1) is 6.92 Å². The van der Waals surface area contributed by atoms with Gasteiger partial charge in [-0.3, -0.25) is 0 Å². The van der Waals surface area contributed by atoms with Crippen molar-refractivity contribution in [3.8, 4) is 0 Å². The monoisotopic (exact) mass is 287 g/mol. The third-order valence-corrected chi connectivity index (χ3v) is 3.24. The molecule has 0 unspecified atom stereocenters. The van der Waals surface area contributed by atoms with E-state index in [-0.39, 0.29) is 0 Å². The van der Waals surface area contributed by atoms with E-state index in [9.17, 15) is 0 Å². The normalized spacial score (nSPS) is 10.6. The molecule has 2 rings (SSSR count). The highest BCUT2D eigenvalue weighted by Gasteiger charge is 2.07. The van der Waals surface area contributed by atoms with Crippen molar-refractivity contribution in [2.24, 2.45) is 0 Å². The molecule has 0 aromatic carbocycles. The first kappa shape index (κ1) is 10.5. The first-order chi connectivity index (χ1) is 7.16. The third-order valence-electron chi connectivity index (χ3n) is 1.79. The van der Waals surface area contributed by atoms with Crippen LogP contribution in [0.15, 0.2) is 17.1 Å². The molecule has 2 heterocycles. The third kappa shape index (κ3) is 2.32. The fourth-order valence-electron chi connectivity index (χ4n) is 1.11. The average molecular weight is 289 g/mol. The number of rotatable bonds is 2. The Morgan fingerprint density at radius 3 is 2.87 bits per heavy atom. The molecule has 2 aromatic heterocycles. The van der Waals surface area contributed by atoms with Crippen LogP contribution in [0.25, 0.3) is 0 Å². The van der Waals surface area contributed by atoms with Crippen LogP contribution in [0.1, 0.15) is 11.5 Å². The molecular formula is C8H7BrClN5. The van der Waals surface area contributed by atoms with Crippen LogP contribution < -0.4 is 0 Å². The van der Waals surface area contributed by atoms with Crippen molar-refractivity contribution < 1.29 is 0 Å². The summed E-state index contributed by atoms with van der Waals surface area (Å²) in [7, 11) is 0. The minimum atomic E-state index is 0.414. The van der Waals surface area contributed by atoms with Gasteiger partial charge >= 0.3 is 0 Å². The van der Waals surface area contributed by atoms with E-state index in [4.69, 9.17) is 11.6 Å². The first-order valence-electron chi connectivity index (χ1n) is 4.17. The Morgan fingerprint density at radius 1 is 1.47 bits per heavy atom. The van der Waals surface area contributed by atoms with Crippen molar-refractivity contribution in [3.05, 3.63) is 33.8 Å². The Labute approximate surface area is 99.7 Å². The van der Waals surface area contributed by atoms with Gasteiger partial charge in [-0.15, -0.1) is 0 Å². The van der Waals surface area contributed by atoms with Crippen molar-refractivity contribution in [1.29, 1.82) is 0 Å². The molecule has 0 N–H and O–H groups in total. The molecule has 15 heavy (non-hydrogen) atoms. The van der Waals surface area contributed by atoms with Gasteiger partial charge in [0.25, 0.3) is 0 Å². The first-order valence-corrected chi connectivity index (χ1v) is 5.35. The van der Waals surface area contributed by atoms with E-state index in [1.54, 1.807) is 11.0 Å². The van der Waals surface area contributed by atoms with Crippen molar-refractivity contribution in [2.75, 3.05) is 0 Å². The quantitative estimate of drug-likeness (QED) is 0.791. The van der Waals surface area contributed by atoms with Gasteiger partial charge in [0.1, 0.15) is 24.4 Å². The van der Waals surface area contributed by atoms with Crippen LogP contribution in [0.2, 0.25) is 5.15 Å².